The lowest BCUT2D eigenvalue weighted by Gasteiger charge is -2.34. The summed E-state index contributed by atoms with van der Waals surface area (Å²) >= 11 is 0. The number of aryl methyl sites for hydroxylation is 1. The van der Waals surface area contributed by atoms with Gasteiger partial charge in [-0.2, -0.15) is 0 Å². The van der Waals surface area contributed by atoms with E-state index in [9.17, 15) is 18.6 Å². The van der Waals surface area contributed by atoms with E-state index in [1.165, 1.54) is 6.07 Å². The fraction of sp³-hybridized carbons (Fsp3) is 0.600. The van der Waals surface area contributed by atoms with Gasteiger partial charge in [0.25, 0.3) is 0 Å². The summed E-state index contributed by atoms with van der Waals surface area (Å²) in [7, 11) is -3.67. The van der Waals surface area contributed by atoms with Crippen LogP contribution in [0.25, 0.3) is 10.4 Å². The second kappa shape index (κ2) is 7.96. The first-order valence-corrected chi connectivity index (χ1v) is 9.29. The standard InChI is InChI=1S/C15H22N4O4S/c1-10-2-3-15(11(4-10)7-17-19-16)24(22,23)14-5-12(8-20)18-13(6-14)9-21/h2-4,12-14,18,20-21H,5-9H2,1H3/t12-,13+,14?. The molecule has 1 unspecified atom stereocenters. The molecule has 1 fully saturated rings. The van der Waals surface area contributed by atoms with Gasteiger partial charge in [0.05, 0.1) is 29.9 Å². The lowest BCUT2D eigenvalue weighted by Crippen LogP contribution is -2.52. The molecular formula is C15H22N4O4S. The summed E-state index contributed by atoms with van der Waals surface area (Å²) in [5, 5.41) is 24.6. The highest BCUT2D eigenvalue weighted by atomic mass is 32.2. The molecule has 24 heavy (non-hydrogen) atoms. The van der Waals surface area contributed by atoms with Crippen molar-refractivity contribution in [2.45, 2.75) is 48.5 Å². The first-order chi connectivity index (χ1) is 11.4. The normalized spacial score (nSPS) is 24.4. The molecule has 1 aliphatic heterocycles. The molecule has 1 saturated heterocycles. The number of nitrogens with zero attached hydrogens (tertiary/aromatic N) is 3. The molecule has 0 aromatic heterocycles. The smallest absolute Gasteiger partial charge is 0.181 e. The summed E-state index contributed by atoms with van der Waals surface area (Å²) in [6, 6.07) is 4.20. The maximum absolute atomic E-state index is 13.1. The van der Waals surface area contributed by atoms with Crippen LogP contribution in [0.15, 0.2) is 28.2 Å². The molecule has 0 aliphatic carbocycles. The van der Waals surface area contributed by atoms with Crippen molar-refractivity contribution < 1.29 is 18.6 Å². The van der Waals surface area contributed by atoms with Crippen molar-refractivity contribution in [2.24, 2.45) is 5.11 Å². The third-order valence-electron chi connectivity index (χ3n) is 4.27. The molecular weight excluding hydrogens is 332 g/mol. The lowest BCUT2D eigenvalue weighted by atomic mass is 9.99. The van der Waals surface area contributed by atoms with Crippen molar-refractivity contribution in [3.8, 4) is 0 Å². The monoisotopic (exact) mass is 354 g/mol. The predicted molar refractivity (Wildman–Crippen MR) is 89.1 cm³/mol. The van der Waals surface area contributed by atoms with Crippen molar-refractivity contribution in [1.29, 1.82) is 0 Å². The van der Waals surface area contributed by atoms with E-state index < -0.39 is 15.1 Å². The molecule has 2 rings (SSSR count). The van der Waals surface area contributed by atoms with Crippen LogP contribution in [-0.4, -0.2) is 49.2 Å². The quantitative estimate of drug-likeness (QED) is 0.398. The van der Waals surface area contributed by atoms with Crippen LogP contribution in [-0.2, 0) is 16.4 Å². The number of benzene rings is 1. The second-order valence-electron chi connectivity index (χ2n) is 6.06. The van der Waals surface area contributed by atoms with Crippen molar-refractivity contribution in [3.63, 3.8) is 0 Å². The molecule has 0 saturated carbocycles. The fourth-order valence-corrected chi connectivity index (χ4v) is 5.18. The Kier molecular flexibility index (Phi) is 6.20. The Bertz CT molecular complexity index is 719. The Morgan fingerprint density at radius 2 is 1.92 bits per heavy atom. The Hall–Kier alpha value is -1.64. The number of hydrogen-bond acceptors (Lipinski definition) is 6. The molecule has 0 bridgehead atoms. The Balaban J connectivity index is 2.40. The predicted octanol–water partition coefficient (Wildman–Crippen LogP) is 1.05. The van der Waals surface area contributed by atoms with E-state index in [0.29, 0.717) is 5.56 Å². The van der Waals surface area contributed by atoms with Gasteiger partial charge < -0.3 is 15.5 Å². The maximum atomic E-state index is 13.1. The second-order valence-corrected chi connectivity index (χ2v) is 8.26. The number of piperidine rings is 1. The maximum Gasteiger partial charge on any atom is 0.181 e. The van der Waals surface area contributed by atoms with Gasteiger partial charge in [0.15, 0.2) is 9.84 Å². The van der Waals surface area contributed by atoms with Gasteiger partial charge >= 0.3 is 0 Å². The Labute approximate surface area is 141 Å². The zero-order valence-corrected chi connectivity index (χ0v) is 14.3. The molecule has 1 aromatic rings. The van der Waals surface area contributed by atoms with E-state index in [2.05, 4.69) is 15.3 Å². The molecule has 0 spiro atoms. The van der Waals surface area contributed by atoms with Crippen molar-refractivity contribution in [2.75, 3.05) is 13.2 Å². The van der Waals surface area contributed by atoms with Crippen LogP contribution in [0.3, 0.4) is 0 Å². The van der Waals surface area contributed by atoms with Gasteiger partial charge in [-0.3, -0.25) is 0 Å². The molecule has 1 heterocycles. The van der Waals surface area contributed by atoms with Crippen molar-refractivity contribution in [3.05, 3.63) is 39.8 Å². The van der Waals surface area contributed by atoms with Gasteiger partial charge in [-0.05, 0) is 36.9 Å². The van der Waals surface area contributed by atoms with Crippen molar-refractivity contribution >= 4 is 9.84 Å². The van der Waals surface area contributed by atoms with Gasteiger partial charge in [0.1, 0.15) is 0 Å². The van der Waals surface area contributed by atoms with E-state index in [1.54, 1.807) is 12.1 Å². The van der Waals surface area contributed by atoms with Crippen LogP contribution in [0.4, 0.5) is 0 Å². The summed E-state index contributed by atoms with van der Waals surface area (Å²) in [6.45, 7) is 1.42. The highest BCUT2D eigenvalue weighted by Gasteiger charge is 2.37. The molecule has 1 aromatic carbocycles. The molecule has 1 aliphatic rings. The average Bonchev–Trinajstić information content (AvgIpc) is 2.59. The number of rotatable bonds is 6. The number of hydrogen-bond donors (Lipinski definition) is 3. The number of aliphatic hydroxyl groups excluding tert-OH is 2. The Morgan fingerprint density at radius 3 is 2.46 bits per heavy atom. The van der Waals surface area contributed by atoms with Gasteiger partial charge in [-0.25, -0.2) is 8.42 Å². The molecule has 8 nitrogen and oxygen atoms in total. The lowest BCUT2D eigenvalue weighted by molar-refractivity contribution is 0.159. The summed E-state index contributed by atoms with van der Waals surface area (Å²) in [5.41, 5.74) is 9.86. The van der Waals surface area contributed by atoms with Crippen LogP contribution in [0.2, 0.25) is 0 Å². The van der Waals surface area contributed by atoms with E-state index in [4.69, 9.17) is 5.53 Å². The van der Waals surface area contributed by atoms with E-state index >= 15 is 0 Å². The number of azide groups is 1. The summed E-state index contributed by atoms with van der Waals surface area (Å²) in [5.74, 6) is 0. The molecule has 0 radical (unpaired) electrons. The first kappa shape index (κ1) is 18.7. The van der Waals surface area contributed by atoms with Gasteiger partial charge in [0.2, 0.25) is 0 Å². The topological polar surface area (TPSA) is 135 Å². The SMILES string of the molecule is Cc1ccc(S(=O)(=O)C2C[C@@H](CO)N[C@@H](CO)C2)c(CN=[N+]=[N-])c1. The van der Waals surface area contributed by atoms with E-state index in [-0.39, 0.29) is 49.6 Å². The third-order valence-corrected chi connectivity index (χ3v) is 6.55. The number of sulfone groups is 1. The van der Waals surface area contributed by atoms with E-state index in [0.717, 1.165) is 5.56 Å². The summed E-state index contributed by atoms with van der Waals surface area (Å²) in [4.78, 5) is 2.85. The molecule has 132 valence electrons. The first-order valence-electron chi connectivity index (χ1n) is 7.74. The molecule has 3 N–H and O–H groups in total. The third kappa shape index (κ3) is 4.06. The van der Waals surface area contributed by atoms with Crippen LogP contribution in [0.1, 0.15) is 24.0 Å². The summed E-state index contributed by atoms with van der Waals surface area (Å²) in [6.07, 6.45) is 0.536. The zero-order chi connectivity index (χ0) is 17.7. The van der Waals surface area contributed by atoms with Crippen molar-refractivity contribution in [1.82, 2.24) is 5.32 Å². The Morgan fingerprint density at radius 1 is 1.29 bits per heavy atom. The summed E-state index contributed by atoms with van der Waals surface area (Å²) < 4.78 is 26.2. The van der Waals surface area contributed by atoms with Gasteiger partial charge in [0, 0.05) is 17.0 Å². The molecule has 3 atom stereocenters. The molecule has 0 amide bonds. The van der Waals surface area contributed by atoms with Crippen LogP contribution in [0, 0.1) is 6.92 Å². The highest BCUT2D eigenvalue weighted by Crippen LogP contribution is 2.29. The van der Waals surface area contributed by atoms with Gasteiger partial charge in [-0.1, -0.05) is 22.8 Å². The average molecular weight is 354 g/mol. The van der Waals surface area contributed by atoms with Crippen LogP contribution in [0.5, 0.6) is 0 Å². The molecule has 9 heteroatoms. The zero-order valence-electron chi connectivity index (χ0n) is 13.5. The van der Waals surface area contributed by atoms with Gasteiger partial charge in [-0.15, -0.1) is 0 Å². The van der Waals surface area contributed by atoms with Crippen LogP contribution < -0.4 is 5.32 Å². The van der Waals surface area contributed by atoms with Crippen LogP contribution >= 0.6 is 0 Å². The fourth-order valence-electron chi connectivity index (χ4n) is 3.10. The minimum atomic E-state index is -3.67. The number of nitrogens with one attached hydrogen (secondary N) is 1. The minimum absolute atomic E-state index is 0.0371. The largest absolute Gasteiger partial charge is 0.395 e. The minimum Gasteiger partial charge on any atom is -0.395 e. The highest BCUT2D eigenvalue weighted by molar-refractivity contribution is 7.92. The number of aliphatic hydroxyl groups is 2. The van der Waals surface area contributed by atoms with E-state index in [1.807, 2.05) is 6.92 Å².